The first-order valence-corrected chi connectivity index (χ1v) is 22.7. The molecule has 0 aromatic heterocycles. The lowest BCUT2D eigenvalue weighted by atomic mass is 10.0. The molecule has 2 rings (SSSR count). The van der Waals surface area contributed by atoms with Crippen molar-refractivity contribution in [3.05, 3.63) is 29.8 Å². The number of amides is 6. The van der Waals surface area contributed by atoms with Crippen LogP contribution in [0.1, 0.15) is 52.0 Å². The summed E-state index contributed by atoms with van der Waals surface area (Å²) in [6.07, 6.45) is -1.33. The van der Waals surface area contributed by atoms with E-state index in [2.05, 4.69) is 21.3 Å². The van der Waals surface area contributed by atoms with E-state index in [4.69, 9.17) is 52.2 Å². The van der Waals surface area contributed by atoms with Gasteiger partial charge in [0.2, 0.25) is 17.7 Å². The number of hydroxylamine groups is 2. The quantitative estimate of drug-likeness (QED) is 0.0427. The van der Waals surface area contributed by atoms with Gasteiger partial charge in [-0.3, -0.25) is 24.0 Å². The van der Waals surface area contributed by atoms with Crippen molar-refractivity contribution in [3.8, 4) is 0 Å². The molecule has 1 saturated heterocycles. The number of nitrogens with zero attached hydrogens (tertiary/aromatic N) is 1. The molecule has 24 nitrogen and oxygen atoms in total. The summed E-state index contributed by atoms with van der Waals surface area (Å²) in [6.45, 7) is 11.0. The van der Waals surface area contributed by atoms with Crippen molar-refractivity contribution < 1.29 is 90.9 Å². The van der Waals surface area contributed by atoms with Gasteiger partial charge in [-0.25, -0.2) is 9.59 Å². The van der Waals surface area contributed by atoms with Crippen molar-refractivity contribution in [2.45, 2.75) is 65.2 Å². The Kier molecular flexibility index (Phi) is 33.1. The number of hydrogen-bond donors (Lipinski definition) is 5. The maximum atomic E-state index is 12.8. The van der Waals surface area contributed by atoms with Gasteiger partial charge >= 0.3 is 12.1 Å². The molecule has 0 spiro atoms. The molecule has 1 aromatic carbocycles. The Hall–Kier alpha value is -4.89. The van der Waals surface area contributed by atoms with Crippen molar-refractivity contribution >= 4 is 47.3 Å². The summed E-state index contributed by atoms with van der Waals surface area (Å²) in [7, 11) is 0. The Morgan fingerprint density at radius 1 is 0.588 bits per heavy atom. The number of carbonyl (C=O) groups excluding carboxylic acids is 7. The molecule has 68 heavy (non-hydrogen) atoms. The third-order valence-electron chi connectivity index (χ3n) is 8.94. The summed E-state index contributed by atoms with van der Waals surface area (Å²) < 4.78 is 54.0. The molecule has 1 fully saturated rings. The molecular weight excluding hydrogens is 902 g/mol. The van der Waals surface area contributed by atoms with E-state index in [0.717, 1.165) is 0 Å². The van der Waals surface area contributed by atoms with E-state index in [1.54, 1.807) is 38.1 Å². The summed E-state index contributed by atoms with van der Waals surface area (Å²) in [4.78, 5) is 88.7. The van der Waals surface area contributed by atoms with Crippen molar-refractivity contribution in [3.63, 3.8) is 0 Å². The smallest absolute Gasteiger partial charge is 0.407 e. The fourth-order valence-electron chi connectivity index (χ4n) is 5.37. The van der Waals surface area contributed by atoms with Crippen molar-refractivity contribution in [1.29, 1.82) is 0 Å². The van der Waals surface area contributed by atoms with Crippen LogP contribution in [0.25, 0.3) is 0 Å². The number of anilines is 1. The number of rotatable bonds is 41. The molecular formula is C44H71N5O19. The van der Waals surface area contributed by atoms with Crippen LogP contribution in [0, 0.1) is 5.92 Å². The van der Waals surface area contributed by atoms with Crippen molar-refractivity contribution in [2.75, 3.05) is 137 Å². The highest BCUT2D eigenvalue weighted by Crippen LogP contribution is 2.13. The molecule has 1 aliphatic heterocycles. The van der Waals surface area contributed by atoms with Gasteiger partial charge in [0.05, 0.1) is 138 Å². The van der Waals surface area contributed by atoms with E-state index < -0.39 is 47.8 Å². The number of ether oxygens (including phenoxy) is 10. The lowest BCUT2D eigenvalue weighted by Gasteiger charge is -2.21. The molecule has 1 aromatic rings. The Morgan fingerprint density at radius 3 is 1.44 bits per heavy atom. The second kappa shape index (κ2) is 38.0. The fourth-order valence-corrected chi connectivity index (χ4v) is 5.37. The average molecular weight is 974 g/mol. The van der Waals surface area contributed by atoms with E-state index in [0.29, 0.717) is 109 Å². The summed E-state index contributed by atoms with van der Waals surface area (Å²) in [5, 5.41) is 20.1. The zero-order valence-electron chi connectivity index (χ0n) is 39.5. The van der Waals surface area contributed by atoms with E-state index >= 15 is 0 Å². The Bertz CT molecular complexity index is 1590. The van der Waals surface area contributed by atoms with Crippen molar-refractivity contribution in [1.82, 2.24) is 21.0 Å². The Labute approximate surface area is 396 Å². The van der Waals surface area contributed by atoms with Crippen LogP contribution in [0.2, 0.25) is 0 Å². The second-order valence-corrected chi connectivity index (χ2v) is 15.1. The van der Waals surface area contributed by atoms with Gasteiger partial charge < -0.3 is 78.6 Å². The lowest BCUT2D eigenvalue weighted by Crippen LogP contribution is -2.51. The molecule has 2 atom stereocenters. The van der Waals surface area contributed by atoms with Gasteiger partial charge in [-0.2, -0.15) is 0 Å². The fraction of sp³-hybridized carbons (Fsp3) is 0.705. The first-order chi connectivity index (χ1) is 32.8. The normalized spacial score (nSPS) is 13.3. The summed E-state index contributed by atoms with van der Waals surface area (Å²) >= 11 is 0. The Balaban J connectivity index is 1.31. The molecule has 0 radical (unpaired) electrons. The minimum Gasteiger partial charge on any atom is -0.445 e. The lowest BCUT2D eigenvalue weighted by molar-refractivity contribution is -0.198. The first kappa shape index (κ1) is 59.2. The highest BCUT2D eigenvalue weighted by molar-refractivity contribution is 6.01. The first-order valence-electron chi connectivity index (χ1n) is 22.7. The molecule has 0 bridgehead atoms. The predicted molar refractivity (Wildman–Crippen MR) is 239 cm³/mol. The monoisotopic (exact) mass is 973 g/mol. The number of alkyl carbamates (subject to hydrolysis) is 1. The SMILES string of the molecule is CC(C)[C@H](NC(=O)CCOCCOCCOCCOCCOCCOCCOCCOCCOCCC(=O)ON1C(=O)CCC1=O)C(=O)NCC(=O)Nc1ccc(COC(=O)NC[C@H](C)O)cc1. The minimum atomic E-state index is -0.855. The third-order valence-corrected chi connectivity index (χ3v) is 8.94. The Morgan fingerprint density at radius 2 is 1.01 bits per heavy atom. The molecule has 0 unspecified atom stereocenters. The largest absolute Gasteiger partial charge is 0.445 e. The van der Waals surface area contributed by atoms with Gasteiger partial charge in [-0.15, -0.1) is 5.06 Å². The summed E-state index contributed by atoms with van der Waals surface area (Å²) in [5.74, 6) is -3.35. The van der Waals surface area contributed by atoms with Gasteiger partial charge in [0.1, 0.15) is 12.6 Å². The van der Waals surface area contributed by atoms with Crippen LogP contribution in [-0.2, 0) is 87.6 Å². The number of benzene rings is 1. The third kappa shape index (κ3) is 30.5. The van der Waals surface area contributed by atoms with Gasteiger partial charge in [-0.05, 0) is 30.5 Å². The molecule has 1 aliphatic rings. The maximum absolute atomic E-state index is 12.8. The molecule has 5 N–H and O–H groups in total. The average Bonchev–Trinajstić information content (AvgIpc) is 3.62. The van der Waals surface area contributed by atoms with Gasteiger partial charge in [0.25, 0.3) is 11.8 Å². The van der Waals surface area contributed by atoms with Crippen LogP contribution in [0.3, 0.4) is 0 Å². The highest BCUT2D eigenvalue weighted by Gasteiger charge is 2.32. The number of aliphatic hydroxyl groups is 1. The summed E-state index contributed by atoms with van der Waals surface area (Å²) in [5.41, 5.74) is 1.16. The van der Waals surface area contributed by atoms with E-state index in [9.17, 15) is 38.7 Å². The van der Waals surface area contributed by atoms with E-state index in [-0.39, 0.29) is 83.6 Å². The van der Waals surface area contributed by atoms with Gasteiger partial charge in [-0.1, -0.05) is 26.0 Å². The highest BCUT2D eigenvalue weighted by atomic mass is 16.7. The topological polar surface area (TPSA) is 293 Å². The van der Waals surface area contributed by atoms with E-state index in [1.165, 1.54) is 6.92 Å². The van der Waals surface area contributed by atoms with Crippen LogP contribution in [0.4, 0.5) is 10.5 Å². The number of carbonyl (C=O) groups is 7. The zero-order chi connectivity index (χ0) is 49.6. The molecule has 386 valence electrons. The van der Waals surface area contributed by atoms with Crippen LogP contribution in [0.15, 0.2) is 24.3 Å². The summed E-state index contributed by atoms with van der Waals surface area (Å²) in [6, 6.07) is 5.74. The van der Waals surface area contributed by atoms with Crippen LogP contribution in [0.5, 0.6) is 0 Å². The molecule has 6 amide bonds. The standard InChI is InChI=1S/C44H71N5O19/c1-33(2)42(43(56)45-31-38(52)47-36-6-4-35(5-7-36)32-67-44(57)46-30-34(3)50)48-37(51)10-12-58-14-16-60-18-20-62-22-24-64-26-28-66-29-27-65-25-23-63-21-19-61-17-15-59-13-11-41(55)68-49-39(53)8-9-40(49)54/h4-7,33-34,42,50H,8-32H2,1-3H3,(H,45,56)(H,46,57)(H,47,52)(H,48,51)/t34-,42-/m0/s1. The van der Waals surface area contributed by atoms with Crippen molar-refractivity contribution in [2.24, 2.45) is 5.92 Å². The zero-order valence-corrected chi connectivity index (χ0v) is 39.5. The molecule has 0 aliphatic carbocycles. The number of aliphatic hydroxyl groups excluding tert-OH is 1. The molecule has 24 heteroatoms. The molecule has 0 saturated carbocycles. The maximum Gasteiger partial charge on any atom is 0.407 e. The number of nitrogens with one attached hydrogen (secondary N) is 4. The van der Waals surface area contributed by atoms with Gasteiger partial charge in [0.15, 0.2) is 0 Å². The van der Waals surface area contributed by atoms with E-state index in [1.807, 2.05) is 0 Å². The van der Waals surface area contributed by atoms with Crippen LogP contribution >= 0.6 is 0 Å². The van der Waals surface area contributed by atoms with Gasteiger partial charge in [0, 0.05) is 31.5 Å². The minimum absolute atomic E-state index is 0.000812. The van der Waals surface area contributed by atoms with Crippen LogP contribution < -0.4 is 21.3 Å². The number of hydrogen-bond acceptors (Lipinski definition) is 19. The second-order valence-electron chi connectivity index (χ2n) is 15.1. The number of imide groups is 1. The molecule has 1 heterocycles. The van der Waals surface area contributed by atoms with Crippen LogP contribution in [-0.4, -0.2) is 196 Å². The predicted octanol–water partition coefficient (Wildman–Crippen LogP) is 0.0259.